The summed E-state index contributed by atoms with van der Waals surface area (Å²) >= 11 is 0. The van der Waals surface area contributed by atoms with Crippen molar-refractivity contribution in [3.63, 3.8) is 0 Å². The first-order valence-corrected chi connectivity index (χ1v) is 7.19. The van der Waals surface area contributed by atoms with E-state index in [1.807, 2.05) is 24.3 Å². The SMILES string of the molecule is CN(C(=O)CCC(=O)O)c1ccnc2c1ccc1cccnc12. The largest absolute Gasteiger partial charge is 0.481 e. The summed E-state index contributed by atoms with van der Waals surface area (Å²) in [6.45, 7) is 0. The number of carboxylic acids is 1. The van der Waals surface area contributed by atoms with Crippen molar-refractivity contribution in [1.82, 2.24) is 9.97 Å². The third-order valence-corrected chi connectivity index (χ3v) is 3.75. The highest BCUT2D eigenvalue weighted by Crippen LogP contribution is 2.29. The Kier molecular flexibility index (Phi) is 3.89. The van der Waals surface area contributed by atoms with Crippen molar-refractivity contribution < 1.29 is 14.7 Å². The van der Waals surface area contributed by atoms with Crippen LogP contribution < -0.4 is 4.90 Å². The second kappa shape index (κ2) is 6.00. The van der Waals surface area contributed by atoms with E-state index in [0.29, 0.717) is 5.69 Å². The predicted octanol–water partition coefficient (Wildman–Crippen LogP) is 2.61. The molecule has 23 heavy (non-hydrogen) atoms. The molecule has 1 N–H and O–H groups in total. The van der Waals surface area contributed by atoms with E-state index in [9.17, 15) is 9.59 Å². The summed E-state index contributed by atoms with van der Waals surface area (Å²) in [7, 11) is 1.64. The van der Waals surface area contributed by atoms with Crippen molar-refractivity contribution in [2.75, 3.05) is 11.9 Å². The van der Waals surface area contributed by atoms with Gasteiger partial charge in [0.2, 0.25) is 5.91 Å². The number of benzene rings is 1. The van der Waals surface area contributed by atoms with Crippen LogP contribution in [0.4, 0.5) is 5.69 Å². The summed E-state index contributed by atoms with van der Waals surface area (Å²) in [5.74, 6) is -1.23. The fourth-order valence-electron chi connectivity index (χ4n) is 2.55. The van der Waals surface area contributed by atoms with E-state index >= 15 is 0 Å². The van der Waals surface area contributed by atoms with Crippen LogP contribution in [0.5, 0.6) is 0 Å². The highest BCUT2D eigenvalue weighted by atomic mass is 16.4. The van der Waals surface area contributed by atoms with E-state index in [4.69, 9.17) is 5.11 Å². The molecule has 6 nitrogen and oxygen atoms in total. The zero-order valence-electron chi connectivity index (χ0n) is 12.6. The third kappa shape index (κ3) is 2.83. The monoisotopic (exact) mass is 309 g/mol. The van der Waals surface area contributed by atoms with Crippen LogP contribution in [-0.2, 0) is 9.59 Å². The lowest BCUT2D eigenvalue weighted by molar-refractivity contribution is -0.138. The molecule has 0 bridgehead atoms. The second-order valence-electron chi connectivity index (χ2n) is 5.21. The van der Waals surface area contributed by atoms with Gasteiger partial charge in [-0.15, -0.1) is 0 Å². The first-order chi connectivity index (χ1) is 11.1. The van der Waals surface area contributed by atoms with E-state index in [2.05, 4.69) is 9.97 Å². The highest BCUT2D eigenvalue weighted by Gasteiger charge is 2.16. The number of aliphatic carboxylic acids is 1. The number of hydrogen-bond acceptors (Lipinski definition) is 4. The number of anilines is 1. The normalized spacial score (nSPS) is 10.8. The molecular formula is C17H15N3O3. The fourth-order valence-corrected chi connectivity index (χ4v) is 2.55. The van der Waals surface area contributed by atoms with Crippen LogP contribution >= 0.6 is 0 Å². The van der Waals surface area contributed by atoms with Gasteiger partial charge in [0, 0.05) is 36.6 Å². The zero-order valence-corrected chi connectivity index (χ0v) is 12.6. The van der Waals surface area contributed by atoms with E-state index in [1.165, 1.54) is 4.90 Å². The summed E-state index contributed by atoms with van der Waals surface area (Å²) in [6.07, 6.45) is 3.11. The molecule has 0 radical (unpaired) electrons. The number of carbonyl (C=O) groups excluding carboxylic acids is 1. The van der Waals surface area contributed by atoms with Gasteiger partial charge in [0.05, 0.1) is 23.1 Å². The average molecular weight is 309 g/mol. The van der Waals surface area contributed by atoms with Crippen molar-refractivity contribution in [2.24, 2.45) is 0 Å². The van der Waals surface area contributed by atoms with Crippen LogP contribution in [0.1, 0.15) is 12.8 Å². The molecule has 2 heterocycles. The molecule has 3 rings (SSSR count). The van der Waals surface area contributed by atoms with Crippen molar-refractivity contribution >= 4 is 39.4 Å². The Morgan fingerprint density at radius 3 is 2.61 bits per heavy atom. The molecule has 0 saturated carbocycles. The van der Waals surface area contributed by atoms with Crippen molar-refractivity contribution in [3.05, 3.63) is 42.7 Å². The number of pyridine rings is 2. The number of hydrogen-bond donors (Lipinski definition) is 1. The van der Waals surface area contributed by atoms with Crippen molar-refractivity contribution in [3.8, 4) is 0 Å². The Morgan fingerprint density at radius 1 is 1.04 bits per heavy atom. The van der Waals surface area contributed by atoms with Crippen LogP contribution in [-0.4, -0.2) is 34.0 Å². The van der Waals surface area contributed by atoms with Gasteiger partial charge in [-0.3, -0.25) is 19.6 Å². The summed E-state index contributed by atoms with van der Waals surface area (Å²) in [5, 5.41) is 10.5. The smallest absolute Gasteiger partial charge is 0.303 e. The lowest BCUT2D eigenvalue weighted by atomic mass is 10.1. The average Bonchev–Trinajstić information content (AvgIpc) is 2.58. The van der Waals surface area contributed by atoms with Gasteiger partial charge in [-0.05, 0) is 18.2 Å². The summed E-state index contributed by atoms with van der Waals surface area (Å²) in [6, 6.07) is 9.40. The number of nitrogens with zero attached hydrogens (tertiary/aromatic N) is 3. The molecule has 0 atom stereocenters. The standard InChI is InChI=1S/C17H15N3O3/c1-20(14(21)6-7-15(22)23)13-8-10-19-17-12(13)5-4-11-3-2-9-18-16(11)17/h2-5,8-10H,6-7H2,1H3,(H,22,23). The lowest BCUT2D eigenvalue weighted by Gasteiger charge is -2.19. The van der Waals surface area contributed by atoms with Crippen LogP contribution in [0.15, 0.2) is 42.7 Å². The van der Waals surface area contributed by atoms with Gasteiger partial charge >= 0.3 is 5.97 Å². The van der Waals surface area contributed by atoms with Gasteiger partial charge in [0.1, 0.15) is 0 Å². The molecule has 0 aliphatic rings. The summed E-state index contributed by atoms with van der Waals surface area (Å²) in [4.78, 5) is 33.1. The van der Waals surface area contributed by atoms with Gasteiger partial charge in [-0.1, -0.05) is 12.1 Å². The Balaban J connectivity index is 2.06. The highest BCUT2D eigenvalue weighted by molar-refractivity contribution is 6.10. The number of amides is 1. The molecule has 0 saturated heterocycles. The Hall–Kier alpha value is -3.02. The van der Waals surface area contributed by atoms with Gasteiger partial charge in [0.25, 0.3) is 0 Å². The fraction of sp³-hybridized carbons (Fsp3) is 0.176. The van der Waals surface area contributed by atoms with Crippen molar-refractivity contribution in [2.45, 2.75) is 12.8 Å². The maximum absolute atomic E-state index is 12.2. The quantitative estimate of drug-likeness (QED) is 0.749. The maximum atomic E-state index is 12.2. The van der Waals surface area contributed by atoms with Crippen LogP contribution in [0.25, 0.3) is 21.8 Å². The Bertz CT molecular complexity index is 908. The number of aromatic nitrogens is 2. The van der Waals surface area contributed by atoms with Gasteiger partial charge < -0.3 is 10.0 Å². The predicted molar refractivity (Wildman–Crippen MR) is 87.3 cm³/mol. The van der Waals surface area contributed by atoms with Gasteiger partial charge in [0.15, 0.2) is 0 Å². The second-order valence-corrected chi connectivity index (χ2v) is 5.21. The molecule has 1 aromatic carbocycles. The van der Waals surface area contributed by atoms with E-state index in [0.717, 1.165) is 21.8 Å². The number of rotatable bonds is 4. The number of fused-ring (bicyclic) bond motifs is 3. The Morgan fingerprint density at radius 2 is 1.83 bits per heavy atom. The first kappa shape index (κ1) is 14.9. The molecule has 1 amide bonds. The van der Waals surface area contributed by atoms with E-state index in [-0.39, 0.29) is 18.7 Å². The first-order valence-electron chi connectivity index (χ1n) is 7.19. The van der Waals surface area contributed by atoms with E-state index in [1.54, 1.807) is 25.5 Å². The minimum Gasteiger partial charge on any atom is -0.481 e. The summed E-state index contributed by atoms with van der Waals surface area (Å²) < 4.78 is 0. The molecule has 0 spiro atoms. The molecule has 0 unspecified atom stereocenters. The molecule has 0 aliphatic heterocycles. The van der Waals surface area contributed by atoms with Crippen molar-refractivity contribution in [1.29, 1.82) is 0 Å². The topological polar surface area (TPSA) is 83.4 Å². The molecule has 3 aromatic rings. The van der Waals surface area contributed by atoms with E-state index < -0.39 is 5.97 Å². The molecular weight excluding hydrogens is 294 g/mol. The third-order valence-electron chi connectivity index (χ3n) is 3.75. The Labute approximate surface area is 132 Å². The summed E-state index contributed by atoms with van der Waals surface area (Å²) in [5.41, 5.74) is 2.19. The number of carboxylic acid groups (broad SMARTS) is 1. The van der Waals surface area contributed by atoms with Crippen LogP contribution in [0.2, 0.25) is 0 Å². The van der Waals surface area contributed by atoms with Gasteiger partial charge in [-0.25, -0.2) is 0 Å². The minimum absolute atomic E-state index is 0.0402. The maximum Gasteiger partial charge on any atom is 0.303 e. The van der Waals surface area contributed by atoms with Crippen LogP contribution in [0, 0.1) is 0 Å². The molecule has 2 aromatic heterocycles. The van der Waals surface area contributed by atoms with Gasteiger partial charge in [-0.2, -0.15) is 0 Å². The van der Waals surface area contributed by atoms with Crippen LogP contribution in [0.3, 0.4) is 0 Å². The number of carbonyl (C=O) groups is 2. The minimum atomic E-state index is -0.985. The molecule has 116 valence electrons. The molecule has 0 fully saturated rings. The lowest BCUT2D eigenvalue weighted by Crippen LogP contribution is -2.26. The molecule has 6 heteroatoms. The molecule has 0 aliphatic carbocycles. The zero-order chi connectivity index (χ0) is 16.4.